The van der Waals surface area contributed by atoms with Crippen molar-refractivity contribution in [1.29, 1.82) is 0 Å². The van der Waals surface area contributed by atoms with Crippen LogP contribution in [0.1, 0.15) is 11.1 Å². The molecule has 1 N–H and O–H groups in total. The number of nitrogens with zero attached hydrogens (tertiary/aromatic N) is 2. The summed E-state index contributed by atoms with van der Waals surface area (Å²) < 4.78 is 76.3. The second-order valence-electron chi connectivity index (χ2n) is 5.48. The molecule has 11 nitrogen and oxygen atoms in total. The van der Waals surface area contributed by atoms with Gasteiger partial charge in [-0.1, -0.05) is 12.1 Å². The van der Waals surface area contributed by atoms with Crippen molar-refractivity contribution in [2.75, 3.05) is 0 Å². The Hall–Kier alpha value is -3.04. The molecule has 0 aromatic heterocycles. The first-order chi connectivity index (χ1) is 13.4. The number of halogens is 2. The van der Waals surface area contributed by atoms with Gasteiger partial charge in [-0.3, -0.25) is 20.2 Å². The van der Waals surface area contributed by atoms with Gasteiger partial charge in [-0.25, -0.2) is 25.6 Å². The van der Waals surface area contributed by atoms with Gasteiger partial charge in [0.05, 0.1) is 9.85 Å². The molecule has 0 unspecified atom stereocenters. The highest BCUT2D eigenvalue weighted by Crippen LogP contribution is 2.29. The molecule has 0 heterocycles. The van der Waals surface area contributed by atoms with Gasteiger partial charge >= 0.3 is 0 Å². The second kappa shape index (κ2) is 8.14. The van der Waals surface area contributed by atoms with Crippen LogP contribution in [-0.4, -0.2) is 26.7 Å². The van der Waals surface area contributed by atoms with Crippen LogP contribution >= 0.6 is 0 Å². The Morgan fingerprint density at radius 2 is 1.10 bits per heavy atom. The molecule has 0 bridgehead atoms. The molecule has 0 radical (unpaired) electrons. The van der Waals surface area contributed by atoms with Crippen LogP contribution in [0.4, 0.5) is 20.2 Å². The van der Waals surface area contributed by atoms with Gasteiger partial charge in [-0.05, 0) is 23.3 Å². The van der Waals surface area contributed by atoms with Crippen molar-refractivity contribution >= 4 is 31.4 Å². The normalized spacial score (nSPS) is 11.9. The van der Waals surface area contributed by atoms with Crippen LogP contribution in [-0.2, 0) is 33.4 Å². The summed E-state index contributed by atoms with van der Waals surface area (Å²) >= 11 is 0. The fourth-order valence-corrected chi connectivity index (χ4v) is 5.45. The first-order valence-electron chi connectivity index (χ1n) is 7.38. The number of rotatable bonds is 8. The Labute approximate surface area is 162 Å². The minimum absolute atomic E-state index is 0.226. The fraction of sp³-hybridized carbons (Fsp3) is 0.143. The van der Waals surface area contributed by atoms with E-state index in [-0.39, 0.29) is 11.1 Å². The van der Waals surface area contributed by atoms with Gasteiger partial charge in [0.25, 0.3) is 31.4 Å². The van der Waals surface area contributed by atoms with Crippen LogP contribution in [0.2, 0.25) is 0 Å². The van der Waals surface area contributed by atoms with Crippen molar-refractivity contribution in [2.24, 2.45) is 0 Å². The summed E-state index contributed by atoms with van der Waals surface area (Å²) in [6.45, 7) is -2.28. The molecule has 0 saturated carbocycles. The zero-order valence-corrected chi connectivity index (χ0v) is 15.7. The van der Waals surface area contributed by atoms with Crippen molar-refractivity contribution in [3.05, 3.63) is 67.8 Å². The summed E-state index contributed by atoms with van der Waals surface area (Å²) in [6.07, 6.45) is 0. The summed E-state index contributed by atoms with van der Waals surface area (Å²) in [5.74, 6) is 0. The zero-order chi connectivity index (χ0) is 22.0. The van der Waals surface area contributed by atoms with Crippen molar-refractivity contribution in [3.8, 4) is 0 Å². The fourth-order valence-electron chi connectivity index (χ4n) is 2.27. The molecule has 2 rings (SSSR count). The third-order valence-electron chi connectivity index (χ3n) is 3.55. The number of alkyl halides is 2. The minimum atomic E-state index is -5.12. The van der Waals surface area contributed by atoms with Crippen LogP contribution in [0.5, 0.6) is 0 Å². The molecule has 29 heavy (non-hydrogen) atoms. The topological polar surface area (TPSA) is 167 Å². The standard InChI is InChI=1S/C14H11F2N3O8S2/c15-7-9-1-3-13(11(5-9)18(20)21)28(24,25)17-29(26,27)14-4-2-10(8-16)6-12(14)19(22)23/h1-6,17H,7-8H2. The van der Waals surface area contributed by atoms with E-state index >= 15 is 0 Å². The molecule has 0 amide bonds. The molecule has 0 spiro atoms. The number of nitro benzene ring substituents is 2. The van der Waals surface area contributed by atoms with Gasteiger partial charge in [0.2, 0.25) is 0 Å². The van der Waals surface area contributed by atoms with Gasteiger partial charge in [-0.15, -0.1) is 4.13 Å². The molecule has 156 valence electrons. The first kappa shape index (κ1) is 22.3. The molecule has 2 aromatic rings. The maximum absolute atomic E-state index is 12.7. The quantitative estimate of drug-likeness (QED) is 0.470. The molecule has 2 aromatic carbocycles. The van der Waals surface area contributed by atoms with Crippen molar-refractivity contribution in [3.63, 3.8) is 0 Å². The monoisotopic (exact) mass is 451 g/mol. The van der Waals surface area contributed by atoms with E-state index in [1.807, 2.05) is 0 Å². The first-order valence-corrected chi connectivity index (χ1v) is 10.3. The molecule has 0 aliphatic rings. The van der Waals surface area contributed by atoms with Crippen LogP contribution < -0.4 is 4.13 Å². The number of hydrogen-bond acceptors (Lipinski definition) is 8. The Balaban J connectivity index is 2.59. The summed E-state index contributed by atoms with van der Waals surface area (Å²) in [7, 11) is -10.2. The molecule has 0 aliphatic carbocycles. The van der Waals surface area contributed by atoms with Gasteiger partial charge in [0, 0.05) is 12.1 Å². The van der Waals surface area contributed by atoms with Crippen molar-refractivity contribution in [2.45, 2.75) is 23.1 Å². The van der Waals surface area contributed by atoms with Crippen LogP contribution in [0.3, 0.4) is 0 Å². The zero-order valence-electron chi connectivity index (χ0n) is 14.1. The molecule has 0 fully saturated rings. The molecule has 15 heteroatoms. The van der Waals surface area contributed by atoms with E-state index in [0.29, 0.717) is 24.3 Å². The summed E-state index contributed by atoms with van der Waals surface area (Å²) in [4.78, 5) is 17.7. The van der Waals surface area contributed by atoms with E-state index in [4.69, 9.17) is 0 Å². The van der Waals surface area contributed by atoms with Gasteiger partial charge in [-0.2, -0.15) is 0 Å². The lowest BCUT2D eigenvalue weighted by atomic mass is 10.2. The summed E-state index contributed by atoms with van der Waals surface area (Å²) in [5, 5.41) is 22.2. The SMILES string of the molecule is O=[N+]([O-])c1cc(CF)ccc1S(=O)(=O)NS(=O)(=O)c1ccc(CF)cc1[N+](=O)[O-]. The van der Waals surface area contributed by atoms with E-state index in [0.717, 1.165) is 12.1 Å². The maximum Gasteiger partial charge on any atom is 0.289 e. The van der Waals surface area contributed by atoms with E-state index < -0.39 is 64.4 Å². The van der Waals surface area contributed by atoms with Gasteiger partial charge in [0.1, 0.15) is 13.3 Å². The third kappa shape index (κ3) is 4.69. The largest absolute Gasteiger partial charge is 0.289 e. The molecular formula is C14H11F2N3O8S2. The summed E-state index contributed by atoms with van der Waals surface area (Å²) in [6, 6.07) is 4.27. The Bertz CT molecular complexity index is 1110. The minimum Gasteiger partial charge on any atom is -0.258 e. The number of nitro groups is 2. The third-order valence-corrected chi connectivity index (χ3v) is 7.15. The predicted molar refractivity (Wildman–Crippen MR) is 93.3 cm³/mol. The maximum atomic E-state index is 12.7. The highest BCUT2D eigenvalue weighted by Gasteiger charge is 2.34. The lowest BCUT2D eigenvalue weighted by Gasteiger charge is -2.10. The van der Waals surface area contributed by atoms with E-state index in [9.17, 15) is 45.8 Å². The molecule has 0 saturated heterocycles. The van der Waals surface area contributed by atoms with Crippen LogP contribution in [0.15, 0.2) is 46.2 Å². The smallest absolute Gasteiger partial charge is 0.258 e. The summed E-state index contributed by atoms with van der Waals surface area (Å²) in [5.41, 5.74) is -2.64. The number of nitrogens with one attached hydrogen (secondary N) is 1. The highest BCUT2D eigenvalue weighted by molar-refractivity contribution is 8.04. The van der Waals surface area contributed by atoms with Gasteiger partial charge < -0.3 is 0 Å². The van der Waals surface area contributed by atoms with Crippen molar-refractivity contribution in [1.82, 2.24) is 4.13 Å². The molecule has 0 aliphatic heterocycles. The molecule has 0 atom stereocenters. The van der Waals surface area contributed by atoms with Gasteiger partial charge in [0.15, 0.2) is 9.79 Å². The van der Waals surface area contributed by atoms with E-state index in [1.165, 1.54) is 4.13 Å². The highest BCUT2D eigenvalue weighted by atomic mass is 32.3. The Morgan fingerprint density at radius 1 is 0.759 bits per heavy atom. The number of benzene rings is 2. The number of sulfonamides is 2. The molecular weight excluding hydrogens is 440 g/mol. The predicted octanol–water partition coefficient (Wildman–Crippen LogP) is 2.11. The van der Waals surface area contributed by atoms with Crippen LogP contribution in [0, 0.1) is 20.2 Å². The lowest BCUT2D eigenvalue weighted by molar-refractivity contribution is -0.388. The van der Waals surface area contributed by atoms with E-state index in [1.54, 1.807) is 0 Å². The Morgan fingerprint density at radius 3 is 1.38 bits per heavy atom. The average Bonchev–Trinajstić information content (AvgIpc) is 2.65. The second-order valence-corrected chi connectivity index (χ2v) is 9.04. The van der Waals surface area contributed by atoms with Crippen molar-refractivity contribution < 1.29 is 35.5 Å². The Kier molecular flexibility index (Phi) is 6.24. The van der Waals surface area contributed by atoms with E-state index in [2.05, 4.69) is 0 Å². The van der Waals surface area contributed by atoms with Crippen LogP contribution in [0.25, 0.3) is 0 Å². The number of hydrogen-bond donors (Lipinski definition) is 1. The lowest BCUT2D eigenvalue weighted by Crippen LogP contribution is -2.31. The average molecular weight is 451 g/mol.